The molecule has 7 nitrogen and oxygen atoms in total. The number of aliphatic hydroxyl groups is 2. The molecule has 6 rings (SSSR count). The summed E-state index contributed by atoms with van der Waals surface area (Å²) < 4.78 is 22.2. The second kappa shape index (κ2) is 5.28. The molecule has 0 aromatic heterocycles. The van der Waals surface area contributed by atoms with Gasteiger partial charge in [-0.15, -0.1) is 0 Å². The van der Waals surface area contributed by atoms with Crippen LogP contribution in [0.4, 0.5) is 0 Å². The molecule has 1 aliphatic carbocycles. The molecule has 0 bridgehead atoms. The third kappa shape index (κ3) is 1.96. The molecular weight excluding hydrogens is 350 g/mol. The molecule has 3 aliphatic heterocycles. The minimum atomic E-state index is -0.860. The second-order valence-corrected chi connectivity index (χ2v) is 7.49. The van der Waals surface area contributed by atoms with E-state index in [0.717, 1.165) is 16.7 Å². The Morgan fingerprint density at radius 3 is 2.52 bits per heavy atom. The summed E-state index contributed by atoms with van der Waals surface area (Å²) in [7, 11) is 1.87. The summed E-state index contributed by atoms with van der Waals surface area (Å²) in [5.74, 6) is 2.45. The van der Waals surface area contributed by atoms with Crippen molar-refractivity contribution in [2.24, 2.45) is 0 Å². The summed E-state index contributed by atoms with van der Waals surface area (Å²) in [5, 5.41) is 22.1. The Bertz CT molecular complexity index is 960. The molecule has 4 atom stereocenters. The highest BCUT2D eigenvalue weighted by molar-refractivity contribution is 5.58. The van der Waals surface area contributed by atoms with E-state index in [1.165, 1.54) is 0 Å². The van der Waals surface area contributed by atoms with E-state index in [-0.39, 0.29) is 25.5 Å². The highest BCUT2D eigenvalue weighted by Crippen LogP contribution is 2.56. The molecule has 3 heterocycles. The van der Waals surface area contributed by atoms with Crippen LogP contribution in [0.2, 0.25) is 0 Å². The first kappa shape index (κ1) is 15.6. The van der Waals surface area contributed by atoms with Crippen molar-refractivity contribution >= 4 is 0 Å². The van der Waals surface area contributed by atoms with Gasteiger partial charge in [-0.1, -0.05) is 6.07 Å². The highest BCUT2D eigenvalue weighted by atomic mass is 16.7. The van der Waals surface area contributed by atoms with Crippen molar-refractivity contribution in [2.45, 2.75) is 30.7 Å². The fourth-order valence-corrected chi connectivity index (χ4v) is 4.98. The summed E-state index contributed by atoms with van der Waals surface area (Å²) in [6.07, 6.45) is -0.927. The lowest BCUT2D eigenvalue weighted by Crippen LogP contribution is -2.45. The van der Waals surface area contributed by atoms with E-state index in [0.29, 0.717) is 35.0 Å². The maximum Gasteiger partial charge on any atom is 0.231 e. The van der Waals surface area contributed by atoms with Gasteiger partial charge in [0, 0.05) is 17.5 Å². The van der Waals surface area contributed by atoms with Crippen molar-refractivity contribution in [1.82, 2.24) is 4.90 Å². The Morgan fingerprint density at radius 2 is 1.67 bits per heavy atom. The molecule has 2 aromatic rings. The Morgan fingerprint density at radius 1 is 0.926 bits per heavy atom. The predicted molar refractivity (Wildman–Crippen MR) is 93.0 cm³/mol. The van der Waals surface area contributed by atoms with Crippen LogP contribution in [0.1, 0.15) is 40.4 Å². The minimum Gasteiger partial charge on any atom is -0.454 e. The third-order valence-electron chi connectivity index (χ3n) is 6.19. The van der Waals surface area contributed by atoms with Crippen LogP contribution < -0.4 is 18.9 Å². The summed E-state index contributed by atoms with van der Waals surface area (Å²) in [5.41, 5.74) is 3.68. The number of nitrogens with zero attached hydrogens (tertiary/aromatic N) is 1. The van der Waals surface area contributed by atoms with Gasteiger partial charge < -0.3 is 29.2 Å². The smallest absolute Gasteiger partial charge is 0.231 e. The van der Waals surface area contributed by atoms with E-state index in [1.807, 2.05) is 36.2 Å². The summed E-state index contributed by atoms with van der Waals surface area (Å²) in [6, 6.07) is 7.56. The summed E-state index contributed by atoms with van der Waals surface area (Å²) >= 11 is 0. The van der Waals surface area contributed by atoms with Crippen LogP contribution in [0.15, 0.2) is 24.3 Å². The van der Waals surface area contributed by atoms with Crippen LogP contribution in [-0.2, 0) is 6.42 Å². The molecule has 2 aromatic carbocycles. The van der Waals surface area contributed by atoms with Crippen molar-refractivity contribution in [3.05, 3.63) is 46.5 Å². The van der Waals surface area contributed by atoms with Crippen LogP contribution in [0.5, 0.6) is 23.0 Å². The molecule has 0 saturated carbocycles. The number of aliphatic hydroxyl groups excluding tert-OH is 2. The highest BCUT2D eigenvalue weighted by Gasteiger charge is 2.48. The van der Waals surface area contributed by atoms with Gasteiger partial charge in [-0.2, -0.15) is 0 Å². The van der Waals surface area contributed by atoms with Gasteiger partial charge in [0.25, 0.3) is 0 Å². The quantitative estimate of drug-likeness (QED) is 0.733. The molecule has 140 valence electrons. The van der Waals surface area contributed by atoms with Gasteiger partial charge in [-0.25, -0.2) is 0 Å². The maximum absolute atomic E-state index is 11.1. The average Bonchev–Trinajstić information content (AvgIpc) is 3.31. The van der Waals surface area contributed by atoms with Gasteiger partial charge in [-0.05, 0) is 48.4 Å². The predicted octanol–water partition coefficient (Wildman–Crippen LogP) is 1.82. The van der Waals surface area contributed by atoms with E-state index in [9.17, 15) is 10.2 Å². The number of rotatable bonds is 0. The molecular formula is C20H19NO6. The lowest BCUT2D eigenvalue weighted by atomic mass is 9.70. The van der Waals surface area contributed by atoms with E-state index < -0.39 is 12.3 Å². The maximum atomic E-state index is 11.1. The van der Waals surface area contributed by atoms with E-state index in [1.54, 1.807) is 0 Å². The lowest BCUT2D eigenvalue weighted by Gasteiger charge is -2.48. The van der Waals surface area contributed by atoms with Crippen LogP contribution in [-0.4, -0.2) is 41.9 Å². The topological polar surface area (TPSA) is 80.6 Å². The fraction of sp³-hybridized carbons (Fsp3) is 0.400. The number of likely N-dealkylation sites (N-methyl/N-ethyl adjacent to an activating group) is 1. The Hall–Kier alpha value is -2.48. The number of fused-ring (bicyclic) bond motifs is 8. The first-order valence-corrected chi connectivity index (χ1v) is 9.06. The summed E-state index contributed by atoms with van der Waals surface area (Å²) in [6.45, 7) is 0.352. The van der Waals surface area contributed by atoms with Crippen molar-refractivity contribution in [2.75, 3.05) is 20.6 Å². The van der Waals surface area contributed by atoms with Crippen LogP contribution >= 0.6 is 0 Å². The van der Waals surface area contributed by atoms with Crippen molar-refractivity contribution in [1.29, 1.82) is 0 Å². The fourth-order valence-electron chi connectivity index (χ4n) is 4.98. The van der Waals surface area contributed by atoms with E-state index in [2.05, 4.69) is 0 Å². The third-order valence-corrected chi connectivity index (χ3v) is 6.19. The molecule has 0 spiro atoms. The van der Waals surface area contributed by atoms with Gasteiger partial charge in [-0.3, -0.25) is 4.90 Å². The zero-order chi connectivity index (χ0) is 18.3. The van der Waals surface area contributed by atoms with Crippen LogP contribution in [0.3, 0.4) is 0 Å². The standard InChI is InChI=1S/C20H19NO6/c1-21-18-11-6-15-14(25-7-26-15)5-9(11)4-12(22)16(18)10-2-3-13-19(27-8-24-13)17(10)20(21)23/h2-3,5-6,12,16,18,20,22-23H,4,7-8H2,1H3/t12-,16+,18+,20+/m0/s1. The average molecular weight is 369 g/mol. The molecule has 0 fully saturated rings. The molecule has 0 unspecified atom stereocenters. The number of hydrogen-bond acceptors (Lipinski definition) is 7. The van der Waals surface area contributed by atoms with Gasteiger partial charge in [0.15, 0.2) is 23.0 Å². The largest absolute Gasteiger partial charge is 0.454 e. The number of ether oxygens (including phenoxy) is 4. The van der Waals surface area contributed by atoms with E-state index >= 15 is 0 Å². The molecule has 0 radical (unpaired) electrons. The molecule has 4 aliphatic rings. The van der Waals surface area contributed by atoms with Gasteiger partial charge in [0.2, 0.25) is 13.6 Å². The second-order valence-electron chi connectivity index (χ2n) is 7.49. The zero-order valence-electron chi connectivity index (χ0n) is 14.7. The first-order valence-electron chi connectivity index (χ1n) is 9.06. The Labute approximate surface area is 155 Å². The zero-order valence-corrected chi connectivity index (χ0v) is 14.7. The van der Waals surface area contributed by atoms with Crippen molar-refractivity contribution < 1.29 is 29.2 Å². The number of hydrogen-bond donors (Lipinski definition) is 2. The van der Waals surface area contributed by atoms with Crippen LogP contribution in [0.25, 0.3) is 0 Å². The number of benzene rings is 2. The molecule has 2 N–H and O–H groups in total. The normalized spacial score (nSPS) is 29.9. The Kier molecular flexibility index (Phi) is 3.05. The van der Waals surface area contributed by atoms with Crippen molar-refractivity contribution in [3.63, 3.8) is 0 Å². The van der Waals surface area contributed by atoms with Gasteiger partial charge in [0.05, 0.1) is 6.10 Å². The monoisotopic (exact) mass is 369 g/mol. The van der Waals surface area contributed by atoms with E-state index in [4.69, 9.17) is 18.9 Å². The van der Waals surface area contributed by atoms with Crippen LogP contribution in [0, 0.1) is 0 Å². The molecule has 7 heteroatoms. The first-order chi connectivity index (χ1) is 13.1. The lowest BCUT2D eigenvalue weighted by molar-refractivity contribution is -0.0535. The molecule has 27 heavy (non-hydrogen) atoms. The van der Waals surface area contributed by atoms with Gasteiger partial charge >= 0.3 is 0 Å². The van der Waals surface area contributed by atoms with Gasteiger partial charge in [0.1, 0.15) is 6.23 Å². The minimum absolute atomic E-state index is 0.144. The van der Waals surface area contributed by atoms with Crippen molar-refractivity contribution in [3.8, 4) is 23.0 Å². The molecule has 0 amide bonds. The molecule has 0 saturated heterocycles. The SMILES string of the molecule is CN1[C@H](O)c2c(ccc3c2OCO3)[C@H]2[C@H]1c1cc3c(cc1C[C@@H]2O)OCO3. The summed E-state index contributed by atoms with van der Waals surface area (Å²) in [4.78, 5) is 1.89. The Balaban J connectivity index is 1.56.